The minimum absolute atomic E-state index is 0.280. The molecular weight excluding hydrogens is 338 g/mol. The third-order valence-corrected chi connectivity index (χ3v) is 4.12. The van der Waals surface area contributed by atoms with Crippen LogP contribution < -0.4 is 15.4 Å². The van der Waals surface area contributed by atoms with Gasteiger partial charge in [-0.25, -0.2) is 9.59 Å². The maximum absolute atomic E-state index is 12.4. The molecule has 1 aromatic carbocycles. The first kappa shape index (κ1) is 18.3. The van der Waals surface area contributed by atoms with Crippen LogP contribution >= 0.6 is 0 Å². The van der Waals surface area contributed by atoms with E-state index >= 15 is 0 Å². The Balaban J connectivity index is 1.80. The van der Waals surface area contributed by atoms with Crippen molar-refractivity contribution in [1.82, 2.24) is 4.90 Å². The summed E-state index contributed by atoms with van der Waals surface area (Å²) in [6.07, 6.45) is -1.11. The molecule has 2 aliphatic heterocycles. The predicted molar refractivity (Wildman–Crippen MR) is 95.3 cm³/mol. The zero-order valence-electron chi connectivity index (χ0n) is 15.4. The lowest BCUT2D eigenvalue weighted by Gasteiger charge is -2.26. The fourth-order valence-electron chi connectivity index (χ4n) is 2.89. The number of nitrogens with zero attached hydrogens (tertiary/aromatic N) is 2. The van der Waals surface area contributed by atoms with Gasteiger partial charge in [0.05, 0.1) is 19.6 Å². The normalized spacial score (nSPS) is 20.2. The quantitative estimate of drug-likeness (QED) is 0.865. The van der Waals surface area contributed by atoms with Crippen molar-refractivity contribution in [3.63, 3.8) is 0 Å². The number of nitrogens with two attached hydrogens (primary N) is 1. The van der Waals surface area contributed by atoms with Crippen LogP contribution in [0.1, 0.15) is 26.3 Å². The summed E-state index contributed by atoms with van der Waals surface area (Å²) in [5, 5.41) is 0. The molecule has 2 aliphatic rings. The molecular formula is C18H25N3O5. The Morgan fingerprint density at radius 3 is 2.81 bits per heavy atom. The highest BCUT2D eigenvalue weighted by Gasteiger charge is 2.32. The average Bonchev–Trinajstić information content (AvgIpc) is 2.81. The lowest BCUT2D eigenvalue weighted by molar-refractivity contribution is 0.0225. The smallest absolute Gasteiger partial charge is 0.414 e. The van der Waals surface area contributed by atoms with E-state index < -0.39 is 11.7 Å². The molecule has 2 amide bonds. The van der Waals surface area contributed by atoms with Crippen LogP contribution in [0.5, 0.6) is 5.75 Å². The molecule has 1 fully saturated rings. The molecule has 1 saturated heterocycles. The number of ether oxygens (including phenoxy) is 3. The van der Waals surface area contributed by atoms with Crippen LogP contribution in [0.4, 0.5) is 15.3 Å². The van der Waals surface area contributed by atoms with Crippen LogP contribution in [0, 0.1) is 0 Å². The predicted octanol–water partition coefficient (Wildman–Crippen LogP) is 2.10. The third kappa shape index (κ3) is 4.01. The number of amides is 2. The molecule has 2 heterocycles. The van der Waals surface area contributed by atoms with Crippen molar-refractivity contribution >= 4 is 17.9 Å². The van der Waals surface area contributed by atoms with Gasteiger partial charge in [0.2, 0.25) is 0 Å². The van der Waals surface area contributed by atoms with Gasteiger partial charge in [0.25, 0.3) is 0 Å². The van der Waals surface area contributed by atoms with Gasteiger partial charge in [-0.05, 0) is 39.0 Å². The highest BCUT2D eigenvalue weighted by molar-refractivity contribution is 5.90. The van der Waals surface area contributed by atoms with E-state index in [4.69, 9.17) is 19.9 Å². The summed E-state index contributed by atoms with van der Waals surface area (Å²) in [5.74, 6) is 0.697. The van der Waals surface area contributed by atoms with Crippen molar-refractivity contribution in [3.8, 4) is 5.75 Å². The molecule has 0 aliphatic carbocycles. The van der Waals surface area contributed by atoms with Crippen LogP contribution in [0.15, 0.2) is 18.2 Å². The van der Waals surface area contributed by atoms with Gasteiger partial charge in [-0.3, -0.25) is 4.90 Å². The number of rotatable bonds is 2. The Morgan fingerprint density at radius 2 is 2.15 bits per heavy atom. The summed E-state index contributed by atoms with van der Waals surface area (Å²) in [7, 11) is 0. The second-order valence-electron chi connectivity index (χ2n) is 7.39. The molecule has 1 atom stereocenters. The van der Waals surface area contributed by atoms with Crippen molar-refractivity contribution in [2.75, 3.05) is 31.1 Å². The van der Waals surface area contributed by atoms with Crippen LogP contribution in [0.25, 0.3) is 0 Å². The Hall–Kier alpha value is -2.48. The molecule has 26 heavy (non-hydrogen) atoms. The molecule has 0 radical (unpaired) electrons. The fourth-order valence-corrected chi connectivity index (χ4v) is 2.89. The Kier molecular flexibility index (Phi) is 4.95. The van der Waals surface area contributed by atoms with E-state index in [1.54, 1.807) is 9.80 Å². The van der Waals surface area contributed by atoms with Gasteiger partial charge >= 0.3 is 12.2 Å². The first-order chi connectivity index (χ1) is 12.3. The first-order valence-electron chi connectivity index (χ1n) is 8.68. The minimum atomic E-state index is -0.564. The van der Waals surface area contributed by atoms with Crippen LogP contribution in [-0.2, 0) is 16.0 Å². The number of anilines is 1. The van der Waals surface area contributed by atoms with Crippen molar-refractivity contribution in [1.29, 1.82) is 0 Å². The molecule has 0 aromatic heterocycles. The van der Waals surface area contributed by atoms with E-state index in [0.29, 0.717) is 37.7 Å². The molecule has 0 saturated carbocycles. The molecule has 8 heteroatoms. The van der Waals surface area contributed by atoms with Crippen molar-refractivity contribution in [2.45, 2.75) is 39.0 Å². The van der Waals surface area contributed by atoms with Crippen molar-refractivity contribution in [3.05, 3.63) is 23.8 Å². The Labute approximate surface area is 152 Å². The standard InChI is InChI=1S/C18H25N3O5/c1-18(2,3)26-16(22)20-6-7-24-15-5-4-13(8-12(15)10-20)21-11-14(9-19)25-17(21)23/h4-5,8,14H,6-7,9-11,19H2,1-3H3/t14-/m0/s1. The molecule has 3 rings (SSSR count). The molecule has 142 valence electrons. The number of hydrogen-bond acceptors (Lipinski definition) is 6. The Bertz CT molecular complexity index is 701. The summed E-state index contributed by atoms with van der Waals surface area (Å²) in [5.41, 5.74) is 6.53. The molecule has 8 nitrogen and oxygen atoms in total. The van der Waals surface area contributed by atoms with Gasteiger partial charge in [0.15, 0.2) is 0 Å². The number of carbonyl (C=O) groups excluding carboxylic acids is 2. The van der Waals surface area contributed by atoms with E-state index in [2.05, 4.69) is 0 Å². The minimum Gasteiger partial charge on any atom is -0.491 e. The fraction of sp³-hybridized carbons (Fsp3) is 0.556. The Morgan fingerprint density at radius 1 is 1.38 bits per heavy atom. The largest absolute Gasteiger partial charge is 0.491 e. The van der Waals surface area contributed by atoms with Gasteiger partial charge < -0.3 is 24.8 Å². The monoisotopic (exact) mass is 363 g/mol. The SMILES string of the molecule is CC(C)(C)OC(=O)N1CCOc2ccc(N3C[C@H](CN)OC3=O)cc2C1. The second-order valence-corrected chi connectivity index (χ2v) is 7.39. The van der Waals surface area contributed by atoms with E-state index in [1.807, 2.05) is 39.0 Å². The lowest BCUT2D eigenvalue weighted by Crippen LogP contribution is -2.37. The van der Waals surface area contributed by atoms with Gasteiger partial charge in [-0.2, -0.15) is 0 Å². The van der Waals surface area contributed by atoms with E-state index in [1.165, 1.54) is 0 Å². The average molecular weight is 363 g/mol. The number of fused-ring (bicyclic) bond motifs is 1. The molecule has 1 aromatic rings. The topological polar surface area (TPSA) is 94.3 Å². The number of benzene rings is 1. The maximum Gasteiger partial charge on any atom is 0.414 e. The first-order valence-corrected chi connectivity index (χ1v) is 8.68. The highest BCUT2D eigenvalue weighted by atomic mass is 16.6. The summed E-state index contributed by atoms with van der Waals surface area (Å²) in [4.78, 5) is 27.6. The van der Waals surface area contributed by atoms with Crippen molar-refractivity contribution < 1.29 is 23.8 Å². The van der Waals surface area contributed by atoms with Crippen LogP contribution in [0.2, 0.25) is 0 Å². The van der Waals surface area contributed by atoms with Gasteiger partial charge in [0.1, 0.15) is 24.1 Å². The summed E-state index contributed by atoms with van der Waals surface area (Å²) >= 11 is 0. The van der Waals surface area contributed by atoms with Gasteiger partial charge in [-0.15, -0.1) is 0 Å². The van der Waals surface area contributed by atoms with E-state index in [-0.39, 0.29) is 18.7 Å². The van der Waals surface area contributed by atoms with Crippen LogP contribution in [-0.4, -0.2) is 55.0 Å². The third-order valence-electron chi connectivity index (χ3n) is 4.12. The summed E-state index contributed by atoms with van der Waals surface area (Å²) in [6.45, 7) is 7.34. The lowest BCUT2D eigenvalue weighted by atomic mass is 10.1. The summed E-state index contributed by atoms with van der Waals surface area (Å²) < 4.78 is 16.4. The zero-order valence-corrected chi connectivity index (χ0v) is 15.4. The molecule has 0 bridgehead atoms. The summed E-state index contributed by atoms with van der Waals surface area (Å²) in [6, 6.07) is 5.46. The second kappa shape index (κ2) is 7.03. The zero-order chi connectivity index (χ0) is 18.9. The number of carbonyl (C=O) groups is 2. The highest BCUT2D eigenvalue weighted by Crippen LogP contribution is 2.30. The van der Waals surface area contributed by atoms with Gasteiger partial charge in [-0.1, -0.05) is 0 Å². The molecule has 2 N–H and O–H groups in total. The number of cyclic esters (lactones) is 1. The van der Waals surface area contributed by atoms with Gasteiger partial charge in [0, 0.05) is 17.8 Å². The maximum atomic E-state index is 12.4. The molecule has 0 spiro atoms. The van der Waals surface area contributed by atoms with E-state index in [9.17, 15) is 9.59 Å². The van der Waals surface area contributed by atoms with Crippen molar-refractivity contribution in [2.24, 2.45) is 5.73 Å². The molecule has 0 unspecified atom stereocenters. The van der Waals surface area contributed by atoms with E-state index in [0.717, 1.165) is 5.56 Å². The number of hydrogen-bond donors (Lipinski definition) is 1. The van der Waals surface area contributed by atoms with Crippen LogP contribution in [0.3, 0.4) is 0 Å².